The molecule has 1 aromatic heterocycles. The highest BCUT2D eigenvalue weighted by molar-refractivity contribution is 6.04. The summed E-state index contributed by atoms with van der Waals surface area (Å²) in [5, 5.41) is 3.80. The molecule has 1 aliphatic rings. The molecular formula is C68H48N4. The predicted molar refractivity (Wildman–Crippen MR) is 299 cm³/mol. The van der Waals surface area contributed by atoms with Crippen LogP contribution in [0.2, 0.25) is 0 Å². The zero-order valence-corrected chi connectivity index (χ0v) is 39.5. The standard InChI is InChI=1S/C68H48N4/c1-5-23-47(24-6-1)55-35-15-19-41-61(55)65-45-63(69-67(71-65)49-27-9-3-10-28-49)53-33-21-31-51(43-53)57-37-13-17-39-59(57)60-40-18-14-38-58(60)52-32-22-34-54(44-52)64-46-66(72-68(70-64)50-29-11-4-12-30-50)62-42-20-16-36-56(62)48-25-7-2-8-26-48/h1-46,65H,(H,69,71). The minimum absolute atomic E-state index is 0.119. The van der Waals surface area contributed by atoms with Crippen LogP contribution in [0.4, 0.5) is 0 Å². The topological polar surface area (TPSA) is 50.2 Å². The molecule has 340 valence electrons. The van der Waals surface area contributed by atoms with Crippen LogP contribution in [0, 0.1) is 0 Å². The Balaban J connectivity index is 0.932. The lowest BCUT2D eigenvalue weighted by Gasteiger charge is -2.26. The zero-order chi connectivity index (χ0) is 48.1. The van der Waals surface area contributed by atoms with E-state index in [1.54, 1.807) is 0 Å². The maximum Gasteiger partial charge on any atom is 0.160 e. The van der Waals surface area contributed by atoms with Gasteiger partial charge in [-0.2, -0.15) is 0 Å². The van der Waals surface area contributed by atoms with Crippen molar-refractivity contribution in [2.24, 2.45) is 4.99 Å². The van der Waals surface area contributed by atoms with E-state index in [1.807, 2.05) is 24.3 Å². The molecule has 10 aromatic carbocycles. The highest BCUT2D eigenvalue weighted by Crippen LogP contribution is 2.41. The molecule has 0 aliphatic carbocycles. The van der Waals surface area contributed by atoms with E-state index in [2.05, 4.69) is 260 Å². The molecule has 1 aliphatic heterocycles. The van der Waals surface area contributed by atoms with Crippen LogP contribution in [0.1, 0.15) is 22.7 Å². The van der Waals surface area contributed by atoms with Crippen LogP contribution < -0.4 is 5.32 Å². The SMILES string of the molecule is C1=C(c2cccc(-c3ccccc3-c3ccccc3-c3cccc(-c4cc(-c5ccccc5-c5ccccc5)nc(-c5ccccc5)n4)c3)c2)N=C(c2ccccc2)NC1c1ccccc1-c1ccccc1. The number of amidine groups is 1. The maximum atomic E-state index is 5.32. The summed E-state index contributed by atoms with van der Waals surface area (Å²) in [7, 11) is 0. The monoisotopic (exact) mass is 920 g/mol. The van der Waals surface area contributed by atoms with Gasteiger partial charge in [-0.25, -0.2) is 15.0 Å². The largest absolute Gasteiger partial charge is 0.359 e. The third kappa shape index (κ3) is 8.97. The van der Waals surface area contributed by atoms with E-state index in [0.717, 1.165) is 95.2 Å². The molecule has 1 atom stereocenters. The third-order valence-electron chi connectivity index (χ3n) is 13.4. The molecule has 0 fully saturated rings. The molecule has 1 N–H and O–H groups in total. The smallest absolute Gasteiger partial charge is 0.160 e. The Morgan fingerprint density at radius 3 is 1.28 bits per heavy atom. The number of hydrogen-bond acceptors (Lipinski definition) is 4. The van der Waals surface area contributed by atoms with E-state index in [-0.39, 0.29) is 6.04 Å². The first-order valence-electron chi connectivity index (χ1n) is 24.5. The summed E-state index contributed by atoms with van der Waals surface area (Å²) in [4.78, 5) is 15.8. The summed E-state index contributed by atoms with van der Waals surface area (Å²) in [5.41, 5.74) is 20.4. The van der Waals surface area contributed by atoms with E-state index in [0.29, 0.717) is 5.82 Å². The highest BCUT2D eigenvalue weighted by Gasteiger charge is 2.23. The van der Waals surface area contributed by atoms with Gasteiger partial charge in [-0.1, -0.05) is 255 Å². The normalized spacial score (nSPS) is 13.1. The van der Waals surface area contributed by atoms with Crippen LogP contribution in [-0.4, -0.2) is 15.8 Å². The van der Waals surface area contributed by atoms with E-state index in [9.17, 15) is 0 Å². The Labute approximate surface area is 421 Å². The van der Waals surface area contributed by atoms with E-state index >= 15 is 0 Å². The van der Waals surface area contributed by atoms with E-state index < -0.39 is 0 Å². The van der Waals surface area contributed by atoms with Crippen molar-refractivity contribution in [1.29, 1.82) is 0 Å². The lowest BCUT2D eigenvalue weighted by Crippen LogP contribution is -2.31. The molecule has 72 heavy (non-hydrogen) atoms. The maximum absolute atomic E-state index is 5.32. The van der Waals surface area contributed by atoms with Crippen molar-refractivity contribution < 1.29 is 0 Å². The van der Waals surface area contributed by atoms with Crippen molar-refractivity contribution in [2.75, 3.05) is 0 Å². The molecule has 4 nitrogen and oxygen atoms in total. The number of rotatable bonds is 11. The van der Waals surface area contributed by atoms with Crippen molar-refractivity contribution in [3.63, 3.8) is 0 Å². The lowest BCUT2D eigenvalue weighted by atomic mass is 9.88. The summed E-state index contributed by atoms with van der Waals surface area (Å²) in [6, 6.07) is 96.1. The third-order valence-corrected chi connectivity index (χ3v) is 13.4. The van der Waals surface area contributed by atoms with Gasteiger partial charge in [0.05, 0.1) is 23.1 Å². The summed E-state index contributed by atoms with van der Waals surface area (Å²) >= 11 is 0. The number of benzene rings is 10. The van der Waals surface area contributed by atoms with Crippen molar-refractivity contribution in [3.05, 3.63) is 296 Å². The molecule has 0 amide bonds. The molecule has 0 saturated heterocycles. The molecule has 0 bridgehead atoms. The second-order valence-corrected chi connectivity index (χ2v) is 17.9. The first-order chi connectivity index (χ1) is 35.7. The van der Waals surface area contributed by atoms with Gasteiger partial charge >= 0.3 is 0 Å². The number of aliphatic imine (C=N–C) groups is 1. The number of nitrogens with one attached hydrogen (secondary N) is 1. The van der Waals surface area contributed by atoms with Gasteiger partial charge in [-0.15, -0.1) is 0 Å². The molecule has 2 heterocycles. The van der Waals surface area contributed by atoms with Gasteiger partial charge in [0.2, 0.25) is 0 Å². The van der Waals surface area contributed by atoms with Crippen LogP contribution in [-0.2, 0) is 0 Å². The second kappa shape index (κ2) is 19.8. The lowest BCUT2D eigenvalue weighted by molar-refractivity contribution is 0.782. The number of nitrogens with zero attached hydrogens (tertiary/aromatic N) is 3. The molecular weight excluding hydrogens is 873 g/mol. The highest BCUT2D eigenvalue weighted by atomic mass is 15.0. The molecule has 11 aromatic rings. The minimum atomic E-state index is -0.119. The van der Waals surface area contributed by atoms with Gasteiger partial charge in [0.1, 0.15) is 5.84 Å². The van der Waals surface area contributed by atoms with E-state index in [4.69, 9.17) is 15.0 Å². The molecule has 0 radical (unpaired) electrons. The van der Waals surface area contributed by atoms with Gasteiger partial charge in [0, 0.05) is 27.8 Å². The fourth-order valence-corrected chi connectivity index (χ4v) is 9.91. The Morgan fingerprint density at radius 1 is 0.278 bits per heavy atom. The van der Waals surface area contributed by atoms with Crippen LogP contribution in [0.5, 0.6) is 0 Å². The van der Waals surface area contributed by atoms with Crippen LogP contribution in [0.15, 0.2) is 284 Å². The van der Waals surface area contributed by atoms with Gasteiger partial charge < -0.3 is 5.32 Å². The van der Waals surface area contributed by atoms with Crippen LogP contribution in [0.25, 0.3) is 95.2 Å². The van der Waals surface area contributed by atoms with Gasteiger partial charge in [-0.3, -0.25) is 0 Å². The first-order valence-corrected chi connectivity index (χ1v) is 24.5. The number of hydrogen-bond donors (Lipinski definition) is 1. The number of aromatic nitrogens is 2. The second-order valence-electron chi connectivity index (χ2n) is 17.9. The van der Waals surface area contributed by atoms with Crippen molar-refractivity contribution in [1.82, 2.24) is 15.3 Å². The van der Waals surface area contributed by atoms with Gasteiger partial charge in [0.15, 0.2) is 5.82 Å². The quantitative estimate of drug-likeness (QED) is 0.141. The predicted octanol–water partition coefficient (Wildman–Crippen LogP) is 16.9. The summed E-state index contributed by atoms with van der Waals surface area (Å²) in [6.07, 6.45) is 2.27. The van der Waals surface area contributed by atoms with Gasteiger partial charge in [0.25, 0.3) is 0 Å². The average molecular weight is 921 g/mol. The summed E-state index contributed by atoms with van der Waals surface area (Å²) in [5.74, 6) is 1.53. The Kier molecular flexibility index (Phi) is 12.1. The van der Waals surface area contributed by atoms with Gasteiger partial charge in [-0.05, 0) is 85.5 Å². The Bertz CT molecular complexity index is 3770. The van der Waals surface area contributed by atoms with Crippen molar-refractivity contribution in [2.45, 2.75) is 6.04 Å². The van der Waals surface area contributed by atoms with Crippen LogP contribution >= 0.6 is 0 Å². The average Bonchev–Trinajstić information content (AvgIpc) is 3.48. The zero-order valence-electron chi connectivity index (χ0n) is 39.5. The Morgan fingerprint density at radius 2 is 0.681 bits per heavy atom. The van der Waals surface area contributed by atoms with Crippen molar-refractivity contribution in [3.8, 4) is 89.5 Å². The molecule has 0 saturated carbocycles. The summed E-state index contributed by atoms with van der Waals surface area (Å²) in [6.45, 7) is 0. The minimum Gasteiger partial charge on any atom is -0.359 e. The first kappa shape index (κ1) is 43.7. The molecule has 1 unspecified atom stereocenters. The van der Waals surface area contributed by atoms with Crippen LogP contribution in [0.3, 0.4) is 0 Å². The molecule has 0 spiro atoms. The fourth-order valence-electron chi connectivity index (χ4n) is 9.91. The van der Waals surface area contributed by atoms with E-state index in [1.165, 1.54) is 16.7 Å². The molecule has 4 heteroatoms. The Hall–Kier alpha value is -9.51. The summed E-state index contributed by atoms with van der Waals surface area (Å²) < 4.78 is 0. The fraction of sp³-hybridized carbons (Fsp3) is 0.0147. The molecule has 12 rings (SSSR count). The van der Waals surface area contributed by atoms with Crippen molar-refractivity contribution >= 4 is 11.5 Å².